The highest BCUT2D eigenvalue weighted by Crippen LogP contribution is 2.20. The number of amides is 1. The van der Waals surface area contributed by atoms with Gasteiger partial charge in [0.2, 0.25) is 5.91 Å². The van der Waals surface area contributed by atoms with Gasteiger partial charge < -0.3 is 19.5 Å². The number of likely N-dealkylation sites (N-methyl/N-ethyl adjacent to an activating group) is 1. The quantitative estimate of drug-likeness (QED) is 0.721. The molecule has 1 amide bonds. The number of aliphatic hydroxyl groups excluding tert-OH is 1. The minimum Gasteiger partial charge on any atom is -0.379 e. The average Bonchev–Trinajstić information content (AvgIpc) is 2.20. The highest BCUT2D eigenvalue weighted by Gasteiger charge is 2.35. The molecule has 0 aromatic carbocycles. The SMILES string of the molecule is CCN(C(C)=O)C1COC(O)CC1OC. The summed E-state index contributed by atoms with van der Waals surface area (Å²) in [6.07, 6.45) is -0.528. The summed E-state index contributed by atoms with van der Waals surface area (Å²) in [5.74, 6) is 0.00420. The molecule has 1 aliphatic heterocycles. The molecule has 15 heavy (non-hydrogen) atoms. The Bertz CT molecular complexity index is 221. The molecule has 0 spiro atoms. The number of rotatable bonds is 3. The minimum atomic E-state index is -0.781. The normalized spacial score (nSPS) is 31.3. The van der Waals surface area contributed by atoms with Gasteiger partial charge in [0.25, 0.3) is 0 Å². The van der Waals surface area contributed by atoms with Gasteiger partial charge >= 0.3 is 0 Å². The van der Waals surface area contributed by atoms with Gasteiger partial charge in [-0.05, 0) is 6.92 Å². The first-order valence-electron chi connectivity index (χ1n) is 5.19. The van der Waals surface area contributed by atoms with Crippen LogP contribution in [0.3, 0.4) is 0 Å². The summed E-state index contributed by atoms with van der Waals surface area (Å²) in [7, 11) is 1.59. The first-order chi connectivity index (χ1) is 7.10. The van der Waals surface area contributed by atoms with Gasteiger partial charge in [-0.2, -0.15) is 0 Å². The molecule has 1 heterocycles. The van der Waals surface area contributed by atoms with E-state index in [0.29, 0.717) is 19.6 Å². The molecule has 88 valence electrons. The molecule has 1 aliphatic rings. The summed E-state index contributed by atoms with van der Waals surface area (Å²) in [5.41, 5.74) is 0. The number of hydrogen-bond acceptors (Lipinski definition) is 4. The van der Waals surface area contributed by atoms with E-state index < -0.39 is 6.29 Å². The average molecular weight is 217 g/mol. The molecule has 0 bridgehead atoms. The Balaban J connectivity index is 2.69. The zero-order chi connectivity index (χ0) is 11.4. The second-order valence-corrected chi connectivity index (χ2v) is 3.67. The third-order valence-electron chi connectivity index (χ3n) is 2.77. The lowest BCUT2D eigenvalue weighted by atomic mass is 10.0. The summed E-state index contributed by atoms with van der Waals surface area (Å²) in [4.78, 5) is 13.1. The number of carbonyl (C=O) groups excluding carboxylic acids is 1. The van der Waals surface area contributed by atoms with Crippen molar-refractivity contribution in [3.05, 3.63) is 0 Å². The Hall–Kier alpha value is -0.650. The van der Waals surface area contributed by atoms with Crippen molar-refractivity contribution < 1.29 is 19.4 Å². The number of aliphatic hydroxyl groups is 1. The maximum Gasteiger partial charge on any atom is 0.219 e. The zero-order valence-electron chi connectivity index (χ0n) is 9.47. The third-order valence-corrected chi connectivity index (χ3v) is 2.77. The molecule has 0 aromatic rings. The van der Waals surface area contributed by atoms with Gasteiger partial charge in [-0.15, -0.1) is 0 Å². The highest BCUT2D eigenvalue weighted by molar-refractivity contribution is 5.73. The van der Waals surface area contributed by atoms with Gasteiger partial charge in [0.1, 0.15) is 0 Å². The Morgan fingerprint density at radius 3 is 2.80 bits per heavy atom. The Labute approximate surface area is 90.0 Å². The van der Waals surface area contributed by atoms with Crippen LogP contribution in [0.4, 0.5) is 0 Å². The van der Waals surface area contributed by atoms with Crippen molar-refractivity contribution >= 4 is 5.91 Å². The molecule has 0 aromatic heterocycles. The summed E-state index contributed by atoms with van der Waals surface area (Å²) >= 11 is 0. The summed E-state index contributed by atoms with van der Waals surface area (Å²) < 4.78 is 10.4. The molecule has 1 saturated heterocycles. The Morgan fingerprint density at radius 2 is 2.33 bits per heavy atom. The second-order valence-electron chi connectivity index (χ2n) is 3.67. The van der Waals surface area contributed by atoms with E-state index in [0.717, 1.165) is 0 Å². The first-order valence-corrected chi connectivity index (χ1v) is 5.19. The van der Waals surface area contributed by atoms with Crippen molar-refractivity contribution in [1.82, 2.24) is 4.90 Å². The number of hydrogen-bond donors (Lipinski definition) is 1. The van der Waals surface area contributed by atoms with Crippen LogP contribution in [0.1, 0.15) is 20.3 Å². The van der Waals surface area contributed by atoms with E-state index in [9.17, 15) is 9.90 Å². The second kappa shape index (κ2) is 5.44. The van der Waals surface area contributed by atoms with Crippen LogP contribution in [0.15, 0.2) is 0 Å². The molecule has 0 aliphatic carbocycles. The van der Waals surface area contributed by atoms with Crippen molar-refractivity contribution in [2.45, 2.75) is 38.7 Å². The fraction of sp³-hybridized carbons (Fsp3) is 0.900. The van der Waals surface area contributed by atoms with E-state index in [-0.39, 0.29) is 18.1 Å². The van der Waals surface area contributed by atoms with Crippen molar-refractivity contribution in [1.29, 1.82) is 0 Å². The smallest absolute Gasteiger partial charge is 0.219 e. The molecule has 3 unspecified atom stereocenters. The Kier molecular flexibility index (Phi) is 4.50. The summed E-state index contributed by atoms with van der Waals surface area (Å²) in [6.45, 7) is 4.40. The maximum absolute atomic E-state index is 11.4. The van der Waals surface area contributed by atoms with Crippen LogP contribution in [0.25, 0.3) is 0 Å². The fourth-order valence-corrected chi connectivity index (χ4v) is 1.98. The van der Waals surface area contributed by atoms with Gasteiger partial charge in [-0.3, -0.25) is 4.79 Å². The third kappa shape index (κ3) is 2.90. The molecule has 1 rings (SSSR count). The maximum atomic E-state index is 11.4. The fourth-order valence-electron chi connectivity index (χ4n) is 1.98. The molecule has 5 nitrogen and oxygen atoms in total. The monoisotopic (exact) mass is 217 g/mol. The van der Waals surface area contributed by atoms with Crippen LogP contribution >= 0.6 is 0 Å². The van der Waals surface area contributed by atoms with Crippen LogP contribution in [0, 0.1) is 0 Å². The number of nitrogens with zero attached hydrogens (tertiary/aromatic N) is 1. The molecule has 5 heteroatoms. The van der Waals surface area contributed by atoms with E-state index in [1.54, 1.807) is 12.0 Å². The molecule has 3 atom stereocenters. The molecule has 0 radical (unpaired) electrons. The molecular weight excluding hydrogens is 198 g/mol. The topological polar surface area (TPSA) is 59.0 Å². The lowest BCUT2D eigenvalue weighted by Gasteiger charge is -2.39. The minimum absolute atomic E-state index is 0.00420. The number of carbonyl (C=O) groups is 1. The summed E-state index contributed by atoms with van der Waals surface area (Å²) in [5, 5.41) is 9.32. The summed E-state index contributed by atoms with van der Waals surface area (Å²) in [6, 6.07) is -0.0964. The van der Waals surface area contributed by atoms with Crippen LogP contribution in [0.5, 0.6) is 0 Å². The standard InChI is InChI=1S/C10H19NO4/c1-4-11(7(2)12)8-6-15-10(13)5-9(8)14-3/h8-10,13H,4-6H2,1-3H3. The van der Waals surface area contributed by atoms with Crippen LogP contribution < -0.4 is 0 Å². The first kappa shape index (κ1) is 12.4. The van der Waals surface area contributed by atoms with E-state index in [4.69, 9.17) is 9.47 Å². The van der Waals surface area contributed by atoms with E-state index in [1.807, 2.05) is 6.92 Å². The largest absolute Gasteiger partial charge is 0.379 e. The highest BCUT2D eigenvalue weighted by atomic mass is 16.6. The van der Waals surface area contributed by atoms with Crippen molar-refractivity contribution in [3.63, 3.8) is 0 Å². The molecule has 1 N–H and O–H groups in total. The van der Waals surface area contributed by atoms with Crippen molar-refractivity contribution in [2.24, 2.45) is 0 Å². The van der Waals surface area contributed by atoms with E-state index in [1.165, 1.54) is 6.92 Å². The van der Waals surface area contributed by atoms with E-state index in [2.05, 4.69) is 0 Å². The van der Waals surface area contributed by atoms with Crippen LogP contribution in [-0.2, 0) is 14.3 Å². The molecule has 1 fully saturated rings. The lowest BCUT2D eigenvalue weighted by molar-refractivity contribution is -0.189. The number of methoxy groups -OCH3 is 1. The van der Waals surface area contributed by atoms with Gasteiger partial charge in [-0.25, -0.2) is 0 Å². The van der Waals surface area contributed by atoms with Crippen LogP contribution in [-0.4, -0.2) is 54.6 Å². The van der Waals surface area contributed by atoms with Gasteiger partial charge in [-0.1, -0.05) is 0 Å². The van der Waals surface area contributed by atoms with Gasteiger partial charge in [0.15, 0.2) is 6.29 Å². The lowest BCUT2D eigenvalue weighted by Crippen LogP contribution is -2.54. The predicted molar refractivity (Wildman–Crippen MR) is 54.2 cm³/mol. The Morgan fingerprint density at radius 1 is 1.67 bits per heavy atom. The van der Waals surface area contributed by atoms with Crippen molar-refractivity contribution in [3.8, 4) is 0 Å². The predicted octanol–water partition coefficient (Wildman–Crippen LogP) is -0.0229. The molecular formula is C10H19NO4. The number of ether oxygens (including phenoxy) is 2. The molecule has 0 saturated carbocycles. The van der Waals surface area contributed by atoms with E-state index >= 15 is 0 Å². The van der Waals surface area contributed by atoms with Crippen molar-refractivity contribution in [2.75, 3.05) is 20.3 Å². The van der Waals surface area contributed by atoms with Gasteiger partial charge in [0.05, 0.1) is 18.8 Å². The zero-order valence-corrected chi connectivity index (χ0v) is 9.47. The van der Waals surface area contributed by atoms with Gasteiger partial charge in [0, 0.05) is 27.0 Å². The van der Waals surface area contributed by atoms with Crippen LogP contribution in [0.2, 0.25) is 0 Å².